The van der Waals surface area contributed by atoms with Crippen molar-refractivity contribution < 1.29 is 13.5 Å². The standard InChI is InChI=1S/C9H10F2O/c1-2-7-3-5-8(6-4-7)12-9(10)11/h3-6,9H,2H2,1H3/i10-1. The van der Waals surface area contributed by atoms with Gasteiger partial charge in [-0.15, -0.1) is 0 Å². The average Bonchev–Trinajstić information content (AvgIpc) is 2.05. The second-order valence-corrected chi connectivity index (χ2v) is 2.38. The highest BCUT2D eigenvalue weighted by atomic mass is 19.2. The minimum atomic E-state index is -2.74. The molecule has 0 aliphatic heterocycles. The fourth-order valence-electron chi connectivity index (χ4n) is 0.907. The van der Waals surface area contributed by atoms with Crippen LogP contribution in [-0.4, -0.2) is 6.61 Å². The first-order valence-corrected chi connectivity index (χ1v) is 3.76. The van der Waals surface area contributed by atoms with Crippen LogP contribution in [0.15, 0.2) is 24.3 Å². The van der Waals surface area contributed by atoms with Gasteiger partial charge in [0.05, 0.1) is 0 Å². The van der Waals surface area contributed by atoms with Crippen LogP contribution in [0.2, 0.25) is 0 Å². The summed E-state index contributed by atoms with van der Waals surface area (Å²) in [7, 11) is 0. The number of aryl methyl sites for hydroxylation is 1. The Morgan fingerprint density at radius 2 is 1.83 bits per heavy atom. The molecular weight excluding hydrogens is 161 g/mol. The maximum Gasteiger partial charge on any atom is 0.387 e. The van der Waals surface area contributed by atoms with E-state index in [2.05, 4.69) is 4.74 Å². The Morgan fingerprint density at radius 3 is 2.25 bits per heavy atom. The van der Waals surface area contributed by atoms with Gasteiger partial charge in [-0.2, -0.15) is 8.78 Å². The van der Waals surface area contributed by atoms with Gasteiger partial charge < -0.3 is 4.74 Å². The maximum atomic E-state index is 11.7. The van der Waals surface area contributed by atoms with E-state index in [-0.39, 0.29) is 5.75 Å². The van der Waals surface area contributed by atoms with Crippen LogP contribution in [0.25, 0.3) is 0 Å². The van der Waals surface area contributed by atoms with Crippen molar-refractivity contribution in [1.82, 2.24) is 0 Å². The lowest BCUT2D eigenvalue weighted by molar-refractivity contribution is -0.0498. The Bertz CT molecular complexity index is 231. The van der Waals surface area contributed by atoms with Crippen LogP contribution in [0, 0.1) is 0 Å². The molecule has 0 aliphatic rings. The van der Waals surface area contributed by atoms with Gasteiger partial charge in [0.2, 0.25) is 0 Å². The predicted octanol–water partition coefficient (Wildman–Crippen LogP) is 2.85. The first-order valence-electron chi connectivity index (χ1n) is 3.76. The summed E-state index contributed by atoms with van der Waals surface area (Å²) in [6, 6.07) is 6.64. The summed E-state index contributed by atoms with van der Waals surface area (Å²) in [5.74, 6) is 0.210. The summed E-state index contributed by atoms with van der Waals surface area (Å²) in [6.45, 7) is -0.735. The van der Waals surface area contributed by atoms with Gasteiger partial charge in [0, 0.05) is 0 Å². The molecular formula is C9H10F2O. The summed E-state index contributed by atoms with van der Waals surface area (Å²) in [4.78, 5) is 0. The zero-order chi connectivity index (χ0) is 8.97. The van der Waals surface area contributed by atoms with Gasteiger partial charge in [-0.25, -0.2) is 0 Å². The van der Waals surface area contributed by atoms with E-state index in [0.717, 1.165) is 12.0 Å². The lowest BCUT2D eigenvalue weighted by Gasteiger charge is -2.03. The number of alkyl halides is 2. The summed E-state index contributed by atoms with van der Waals surface area (Å²) >= 11 is 0. The van der Waals surface area contributed by atoms with Crippen molar-refractivity contribution in [3.05, 3.63) is 29.8 Å². The first-order chi connectivity index (χ1) is 5.72. The number of hydrogen-bond donors (Lipinski definition) is 0. The third-order valence-corrected chi connectivity index (χ3v) is 1.56. The molecule has 0 saturated carbocycles. The summed E-state index contributed by atoms with van der Waals surface area (Å²) in [6.07, 6.45) is 0.898. The van der Waals surface area contributed by atoms with Gasteiger partial charge in [-0.1, -0.05) is 19.1 Å². The Labute approximate surface area is 70.0 Å². The predicted molar refractivity (Wildman–Crippen MR) is 42.5 cm³/mol. The van der Waals surface area contributed by atoms with E-state index in [4.69, 9.17) is 0 Å². The van der Waals surface area contributed by atoms with E-state index >= 15 is 0 Å². The highest BCUT2D eigenvalue weighted by molar-refractivity contribution is 5.27. The fourth-order valence-corrected chi connectivity index (χ4v) is 0.907. The molecule has 0 N–H and O–H groups in total. The van der Waals surface area contributed by atoms with Crippen LogP contribution in [0.4, 0.5) is 8.78 Å². The van der Waals surface area contributed by atoms with Crippen LogP contribution >= 0.6 is 0 Å². The first kappa shape index (κ1) is 8.97. The molecule has 1 atom stereocenters. The molecule has 0 heterocycles. The molecule has 0 amide bonds. The molecule has 0 bridgehead atoms. The molecule has 66 valence electrons. The summed E-state index contributed by atoms with van der Waals surface area (Å²) < 4.78 is 27.5. The third kappa shape index (κ3) is 2.49. The minimum Gasteiger partial charge on any atom is -0.435 e. The van der Waals surface area contributed by atoms with Crippen molar-refractivity contribution in [2.45, 2.75) is 20.0 Å². The summed E-state index contributed by atoms with van der Waals surface area (Å²) in [5, 5.41) is 0. The lowest BCUT2D eigenvalue weighted by atomic mass is 10.2. The molecule has 1 aromatic rings. The molecule has 1 aromatic carbocycles. The van der Waals surface area contributed by atoms with Crippen molar-refractivity contribution in [1.29, 1.82) is 0 Å². The largest absolute Gasteiger partial charge is 0.435 e. The number of hydrogen-bond acceptors (Lipinski definition) is 1. The molecule has 1 unspecified atom stereocenters. The van der Waals surface area contributed by atoms with Gasteiger partial charge in [0.15, 0.2) is 0 Å². The topological polar surface area (TPSA) is 9.23 Å². The highest BCUT2D eigenvalue weighted by Crippen LogP contribution is 2.14. The van der Waals surface area contributed by atoms with Crippen molar-refractivity contribution in [2.24, 2.45) is 0 Å². The van der Waals surface area contributed by atoms with Crippen LogP contribution in [0.5, 0.6) is 5.75 Å². The molecule has 1 rings (SSSR count). The van der Waals surface area contributed by atoms with Gasteiger partial charge >= 0.3 is 6.61 Å². The van der Waals surface area contributed by atoms with Crippen LogP contribution in [-0.2, 0) is 6.42 Å². The number of ether oxygens (including phenoxy) is 1. The Kier molecular flexibility index (Phi) is 3.02. The molecule has 0 spiro atoms. The van der Waals surface area contributed by atoms with Crippen LogP contribution in [0.1, 0.15) is 12.5 Å². The highest BCUT2D eigenvalue weighted by Gasteiger charge is 2.02. The van der Waals surface area contributed by atoms with E-state index in [1.807, 2.05) is 6.92 Å². The monoisotopic (exact) mass is 171 g/mol. The van der Waals surface area contributed by atoms with E-state index in [1.165, 1.54) is 0 Å². The molecule has 1 nitrogen and oxygen atoms in total. The number of halogens is 2. The molecule has 3 heteroatoms. The Morgan fingerprint density at radius 1 is 1.25 bits per heavy atom. The lowest BCUT2D eigenvalue weighted by Crippen LogP contribution is -2.01. The molecule has 0 saturated heterocycles. The quantitative estimate of drug-likeness (QED) is 0.679. The van der Waals surface area contributed by atoms with Gasteiger partial charge in [0.25, 0.3) is 0 Å². The van der Waals surface area contributed by atoms with Crippen molar-refractivity contribution in [3.63, 3.8) is 0 Å². The van der Waals surface area contributed by atoms with E-state index in [9.17, 15) is 8.78 Å². The second-order valence-electron chi connectivity index (χ2n) is 2.38. The minimum absolute atomic E-state index is 0.210. The fraction of sp³-hybridized carbons (Fsp3) is 0.333. The SMILES string of the molecule is CCc1ccc(OC(F)[18F])cc1. The van der Waals surface area contributed by atoms with E-state index in [0.29, 0.717) is 0 Å². The van der Waals surface area contributed by atoms with Gasteiger partial charge in [0.1, 0.15) is 5.75 Å². The summed E-state index contributed by atoms with van der Waals surface area (Å²) in [5.41, 5.74) is 1.11. The molecule has 0 radical (unpaired) electrons. The number of benzene rings is 1. The zero-order valence-corrected chi connectivity index (χ0v) is 6.76. The third-order valence-electron chi connectivity index (χ3n) is 1.56. The second kappa shape index (κ2) is 4.04. The Hall–Kier alpha value is -1.12. The van der Waals surface area contributed by atoms with E-state index in [1.54, 1.807) is 24.3 Å². The average molecular weight is 171 g/mol. The Balaban J connectivity index is 2.65. The van der Waals surface area contributed by atoms with Crippen LogP contribution < -0.4 is 4.74 Å². The maximum absolute atomic E-state index is 11.7. The zero-order valence-electron chi connectivity index (χ0n) is 6.76. The van der Waals surface area contributed by atoms with Crippen molar-refractivity contribution in [2.75, 3.05) is 0 Å². The van der Waals surface area contributed by atoms with Gasteiger partial charge in [-0.05, 0) is 24.1 Å². The molecule has 0 aliphatic carbocycles. The van der Waals surface area contributed by atoms with E-state index < -0.39 is 6.61 Å². The van der Waals surface area contributed by atoms with Gasteiger partial charge in [-0.3, -0.25) is 0 Å². The van der Waals surface area contributed by atoms with Crippen molar-refractivity contribution in [3.8, 4) is 5.75 Å². The van der Waals surface area contributed by atoms with Crippen LogP contribution in [0.3, 0.4) is 0 Å². The molecule has 12 heavy (non-hydrogen) atoms. The smallest absolute Gasteiger partial charge is 0.387 e. The normalized spacial score (nSPS) is 12.6. The van der Waals surface area contributed by atoms with Crippen molar-refractivity contribution >= 4 is 0 Å². The molecule has 0 aromatic heterocycles. The molecule has 0 fully saturated rings. The number of rotatable bonds is 3.